The average Bonchev–Trinajstić information content (AvgIpc) is 2.07. The van der Waals surface area contributed by atoms with Crippen LogP contribution in [-0.4, -0.2) is 31.6 Å². The van der Waals surface area contributed by atoms with E-state index in [1.807, 2.05) is 38.4 Å². The summed E-state index contributed by atoms with van der Waals surface area (Å²) in [7, 11) is 4.06. The molecule has 0 aromatic heterocycles. The normalized spacial score (nSPS) is 12.3. The first-order valence-corrected chi connectivity index (χ1v) is 5.10. The van der Waals surface area contributed by atoms with Crippen molar-refractivity contribution in [2.45, 2.75) is 12.5 Å². The molecule has 0 unspecified atom stereocenters. The van der Waals surface area contributed by atoms with Crippen LogP contribution < -0.4 is 5.73 Å². The molecule has 2 nitrogen and oxygen atoms in total. The lowest BCUT2D eigenvalue weighted by atomic mass is 10.1. The third kappa shape index (κ3) is 6.00. The van der Waals surface area contributed by atoms with E-state index in [9.17, 15) is 0 Å². The lowest BCUT2D eigenvalue weighted by molar-refractivity contribution is 0.371. The molecule has 0 fully saturated rings. The molecule has 15 heavy (non-hydrogen) atoms. The fourth-order valence-corrected chi connectivity index (χ4v) is 1.58. The minimum atomic E-state index is 0. The molecule has 0 heterocycles. The highest BCUT2D eigenvalue weighted by molar-refractivity contribution is 6.30. The molecular weight excluding hydrogens is 231 g/mol. The Bertz CT molecular complexity index is 272. The number of hydrogen-bond acceptors (Lipinski definition) is 2. The van der Waals surface area contributed by atoms with Crippen molar-refractivity contribution in [3.8, 4) is 0 Å². The van der Waals surface area contributed by atoms with Gasteiger partial charge in [-0.1, -0.05) is 23.7 Å². The van der Waals surface area contributed by atoms with Crippen molar-refractivity contribution >= 4 is 24.0 Å². The Labute approximate surface area is 103 Å². The molecule has 0 radical (unpaired) electrons. The summed E-state index contributed by atoms with van der Waals surface area (Å²) < 4.78 is 0. The first-order valence-electron chi connectivity index (χ1n) is 4.72. The summed E-state index contributed by atoms with van der Waals surface area (Å²) >= 11 is 5.79. The maximum atomic E-state index is 5.97. The second-order valence-electron chi connectivity index (χ2n) is 3.85. The fraction of sp³-hybridized carbons (Fsp3) is 0.455. The molecule has 4 heteroatoms. The minimum absolute atomic E-state index is 0. The average molecular weight is 249 g/mol. The van der Waals surface area contributed by atoms with Crippen molar-refractivity contribution in [2.24, 2.45) is 5.73 Å². The summed E-state index contributed by atoms with van der Waals surface area (Å²) in [6, 6.07) is 8.04. The quantitative estimate of drug-likeness (QED) is 0.886. The van der Waals surface area contributed by atoms with Crippen molar-refractivity contribution in [3.05, 3.63) is 34.9 Å². The maximum Gasteiger partial charge on any atom is 0.0406 e. The molecule has 0 aliphatic carbocycles. The van der Waals surface area contributed by atoms with Gasteiger partial charge >= 0.3 is 0 Å². The van der Waals surface area contributed by atoms with E-state index in [4.69, 9.17) is 17.3 Å². The Kier molecular flexibility index (Phi) is 6.94. The van der Waals surface area contributed by atoms with Gasteiger partial charge in [0.1, 0.15) is 0 Å². The summed E-state index contributed by atoms with van der Waals surface area (Å²) in [6.07, 6.45) is 0.898. The number of benzene rings is 1. The number of halogens is 2. The monoisotopic (exact) mass is 248 g/mol. The summed E-state index contributed by atoms with van der Waals surface area (Å²) in [5.41, 5.74) is 7.21. The molecule has 1 aromatic rings. The molecule has 0 amide bonds. The lowest BCUT2D eigenvalue weighted by Gasteiger charge is -2.16. The standard InChI is InChI=1S/C11H17ClN2.ClH/c1-14(2)8-11(13)7-9-3-5-10(12)6-4-9;/h3-6,11H,7-8,13H2,1-2H3;1H/t11-;/m0./s1. The summed E-state index contributed by atoms with van der Waals surface area (Å²) in [5.74, 6) is 0. The first kappa shape index (κ1) is 14.7. The Morgan fingerprint density at radius 2 is 1.80 bits per heavy atom. The number of nitrogens with two attached hydrogens (primary N) is 1. The summed E-state index contributed by atoms with van der Waals surface area (Å²) in [5, 5.41) is 0.773. The van der Waals surface area contributed by atoms with Gasteiger partial charge in [-0.2, -0.15) is 0 Å². The van der Waals surface area contributed by atoms with Crippen LogP contribution in [0.2, 0.25) is 5.02 Å². The molecule has 0 spiro atoms. The second kappa shape index (κ2) is 7.07. The van der Waals surface area contributed by atoms with Crippen LogP contribution in [0.3, 0.4) is 0 Å². The molecule has 2 N–H and O–H groups in total. The highest BCUT2D eigenvalue weighted by Crippen LogP contribution is 2.10. The molecular formula is C11H18Cl2N2. The predicted molar refractivity (Wildman–Crippen MR) is 68.9 cm³/mol. The molecule has 0 aliphatic heterocycles. The van der Waals surface area contributed by atoms with Gasteiger partial charge in [-0.25, -0.2) is 0 Å². The molecule has 0 saturated carbocycles. The highest BCUT2D eigenvalue weighted by atomic mass is 35.5. The van der Waals surface area contributed by atoms with Gasteiger partial charge in [-0.05, 0) is 38.2 Å². The van der Waals surface area contributed by atoms with Gasteiger partial charge in [0, 0.05) is 17.6 Å². The predicted octanol–water partition coefficient (Wildman–Crippen LogP) is 2.19. The zero-order chi connectivity index (χ0) is 10.6. The van der Waals surface area contributed by atoms with E-state index < -0.39 is 0 Å². The molecule has 0 saturated heterocycles. The first-order chi connectivity index (χ1) is 6.58. The van der Waals surface area contributed by atoms with E-state index >= 15 is 0 Å². The lowest BCUT2D eigenvalue weighted by Crippen LogP contribution is -2.34. The van der Waals surface area contributed by atoms with Crippen molar-refractivity contribution in [3.63, 3.8) is 0 Å². The molecule has 0 aliphatic rings. The van der Waals surface area contributed by atoms with Gasteiger partial charge in [-0.15, -0.1) is 12.4 Å². The van der Waals surface area contributed by atoms with Gasteiger partial charge in [0.15, 0.2) is 0 Å². The van der Waals surface area contributed by atoms with Crippen LogP contribution in [0.4, 0.5) is 0 Å². The largest absolute Gasteiger partial charge is 0.326 e. The van der Waals surface area contributed by atoms with Gasteiger partial charge in [-0.3, -0.25) is 0 Å². The van der Waals surface area contributed by atoms with Crippen molar-refractivity contribution in [1.29, 1.82) is 0 Å². The van der Waals surface area contributed by atoms with Crippen molar-refractivity contribution in [2.75, 3.05) is 20.6 Å². The molecule has 1 aromatic carbocycles. The van der Waals surface area contributed by atoms with Gasteiger partial charge in [0.25, 0.3) is 0 Å². The Hall–Kier alpha value is -0.280. The maximum absolute atomic E-state index is 5.97. The number of hydrogen-bond donors (Lipinski definition) is 1. The van der Waals surface area contributed by atoms with Crippen LogP contribution in [-0.2, 0) is 6.42 Å². The summed E-state index contributed by atoms with van der Waals surface area (Å²) in [4.78, 5) is 2.10. The van der Waals surface area contributed by atoms with Crippen molar-refractivity contribution < 1.29 is 0 Å². The SMILES string of the molecule is CN(C)C[C@@H](N)Cc1ccc(Cl)cc1.Cl. The van der Waals surface area contributed by atoms with E-state index in [0.717, 1.165) is 18.0 Å². The Balaban J connectivity index is 0.00000196. The molecule has 86 valence electrons. The zero-order valence-electron chi connectivity index (χ0n) is 9.11. The van der Waals surface area contributed by atoms with Crippen molar-refractivity contribution in [1.82, 2.24) is 4.90 Å². The highest BCUT2D eigenvalue weighted by Gasteiger charge is 2.04. The van der Waals surface area contributed by atoms with Crippen LogP contribution in [0.25, 0.3) is 0 Å². The van der Waals surface area contributed by atoms with E-state index in [1.54, 1.807) is 0 Å². The third-order valence-electron chi connectivity index (χ3n) is 2.01. The topological polar surface area (TPSA) is 29.3 Å². The fourth-order valence-electron chi connectivity index (χ4n) is 1.46. The Morgan fingerprint density at radius 1 is 1.27 bits per heavy atom. The third-order valence-corrected chi connectivity index (χ3v) is 2.26. The van der Waals surface area contributed by atoms with Gasteiger partial charge in [0.05, 0.1) is 0 Å². The van der Waals surface area contributed by atoms with Crippen LogP contribution in [0.1, 0.15) is 5.56 Å². The second-order valence-corrected chi connectivity index (χ2v) is 4.29. The zero-order valence-corrected chi connectivity index (χ0v) is 10.7. The van der Waals surface area contributed by atoms with E-state index in [0.29, 0.717) is 0 Å². The van der Waals surface area contributed by atoms with Gasteiger partial charge in [0.2, 0.25) is 0 Å². The van der Waals surface area contributed by atoms with Gasteiger partial charge < -0.3 is 10.6 Å². The van der Waals surface area contributed by atoms with Crippen LogP contribution in [0.15, 0.2) is 24.3 Å². The number of nitrogens with zero attached hydrogens (tertiary/aromatic N) is 1. The van der Waals surface area contributed by atoms with E-state index in [2.05, 4.69) is 4.90 Å². The van der Waals surface area contributed by atoms with Crippen LogP contribution >= 0.6 is 24.0 Å². The van der Waals surface area contributed by atoms with E-state index in [-0.39, 0.29) is 18.4 Å². The summed E-state index contributed by atoms with van der Waals surface area (Å²) in [6.45, 7) is 0.905. The van der Waals surface area contributed by atoms with Crippen LogP contribution in [0.5, 0.6) is 0 Å². The number of likely N-dealkylation sites (N-methyl/N-ethyl adjacent to an activating group) is 1. The number of rotatable bonds is 4. The molecule has 1 rings (SSSR count). The molecule has 1 atom stereocenters. The van der Waals surface area contributed by atoms with Crippen LogP contribution in [0, 0.1) is 0 Å². The smallest absolute Gasteiger partial charge is 0.0406 e. The minimum Gasteiger partial charge on any atom is -0.326 e. The molecule has 0 bridgehead atoms. The Morgan fingerprint density at radius 3 is 2.27 bits per heavy atom. The van der Waals surface area contributed by atoms with E-state index in [1.165, 1.54) is 5.56 Å².